The second kappa shape index (κ2) is 11.3. The number of ether oxygens (including phenoxy) is 2. The van der Waals surface area contributed by atoms with Crippen molar-refractivity contribution in [2.75, 3.05) is 57.4 Å². The summed E-state index contributed by atoms with van der Waals surface area (Å²) in [6, 6.07) is 15.0. The minimum absolute atomic E-state index is 0.173. The lowest BCUT2D eigenvalue weighted by molar-refractivity contribution is -0.903. The fourth-order valence-corrected chi connectivity index (χ4v) is 3.89. The molecule has 1 fully saturated rings. The number of aliphatic hydroxyl groups excluding tert-OH is 1. The van der Waals surface area contributed by atoms with Crippen LogP contribution >= 0.6 is 0 Å². The van der Waals surface area contributed by atoms with Gasteiger partial charge in [-0.05, 0) is 29.7 Å². The second-order valence-corrected chi connectivity index (χ2v) is 8.16. The van der Waals surface area contributed by atoms with Crippen LogP contribution in [0.5, 0.6) is 5.75 Å². The number of quaternary nitrogens is 1. The first kappa shape index (κ1) is 22.5. The summed E-state index contributed by atoms with van der Waals surface area (Å²) in [4.78, 5) is 3.40. The number of anilines is 1. The number of para-hydroxylation sites is 2. The molecule has 0 aromatic heterocycles. The Labute approximate surface area is 179 Å². The lowest BCUT2D eigenvalue weighted by atomic mass is 10.0. The molecule has 1 aliphatic heterocycles. The van der Waals surface area contributed by atoms with Gasteiger partial charge in [0.25, 0.3) is 0 Å². The Bertz CT molecular complexity index is 779. The summed E-state index contributed by atoms with van der Waals surface area (Å²) in [7, 11) is 0. The van der Waals surface area contributed by atoms with Gasteiger partial charge in [-0.1, -0.05) is 44.2 Å². The van der Waals surface area contributed by atoms with Gasteiger partial charge in [0.1, 0.15) is 30.8 Å². The van der Waals surface area contributed by atoms with E-state index in [0.717, 1.165) is 31.9 Å². The molecule has 2 aromatic rings. The van der Waals surface area contributed by atoms with Gasteiger partial charge in [0.2, 0.25) is 0 Å². The van der Waals surface area contributed by atoms with Gasteiger partial charge >= 0.3 is 0 Å². The zero-order valence-corrected chi connectivity index (χ0v) is 18.0. The highest BCUT2D eigenvalue weighted by atomic mass is 19.1. The first-order valence-electron chi connectivity index (χ1n) is 10.8. The minimum Gasteiger partial charge on any atom is -0.491 e. The van der Waals surface area contributed by atoms with Crippen LogP contribution in [0.25, 0.3) is 0 Å². The largest absolute Gasteiger partial charge is 0.491 e. The van der Waals surface area contributed by atoms with Crippen molar-refractivity contribution in [1.82, 2.24) is 0 Å². The fraction of sp³-hybridized carbons (Fsp3) is 0.500. The summed E-state index contributed by atoms with van der Waals surface area (Å²) in [6.07, 6.45) is -0.511. The maximum Gasteiger partial charge on any atom is 0.146 e. The zero-order valence-electron chi connectivity index (χ0n) is 18.0. The van der Waals surface area contributed by atoms with Crippen LogP contribution in [0.15, 0.2) is 48.5 Å². The molecule has 30 heavy (non-hydrogen) atoms. The van der Waals surface area contributed by atoms with Crippen molar-refractivity contribution >= 4 is 5.69 Å². The maximum absolute atomic E-state index is 13.9. The third kappa shape index (κ3) is 6.42. The van der Waals surface area contributed by atoms with Crippen LogP contribution < -0.4 is 14.5 Å². The van der Waals surface area contributed by atoms with E-state index in [9.17, 15) is 9.50 Å². The zero-order chi connectivity index (χ0) is 21.3. The molecule has 1 heterocycles. The van der Waals surface area contributed by atoms with Gasteiger partial charge in [-0.3, -0.25) is 0 Å². The molecule has 1 atom stereocenters. The number of nitrogens with one attached hydrogen (secondary N) is 1. The van der Waals surface area contributed by atoms with Crippen molar-refractivity contribution in [2.24, 2.45) is 0 Å². The molecule has 0 spiro atoms. The molecule has 0 unspecified atom stereocenters. The maximum atomic E-state index is 13.9. The normalized spacial score (nSPS) is 16.1. The van der Waals surface area contributed by atoms with Crippen molar-refractivity contribution in [3.8, 4) is 5.75 Å². The van der Waals surface area contributed by atoms with Crippen LogP contribution in [-0.4, -0.2) is 63.8 Å². The highest BCUT2D eigenvalue weighted by molar-refractivity contribution is 5.47. The molecule has 2 aromatic carbocycles. The van der Waals surface area contributed by atoms with E-state index in [2.05, 4.69) is 24.8 Å². The summed E-state index contributed by atoms with van der Waals surface area (Å²) in [5, 5.41) is 10.3. The highest BCUT2D eigenvalue weighted by Crippen LogP contribution is 2.25. The highest BCUT2D eigenvalue weighted by Gasteiger charge is 2.23. The molecule has 0 aliphatic carbocycles. The number of piperazine rings is 1. The van der Waals surface area contributed by atoms with Crippen LogP contribution in [0.1, 0.15) is 25.3 Å². The molecule has 1 aliphatic rings. The number of hydrogen-bond donors (Lipinski definition) is 2. The molecule has 0 radical (unpaired) electrons. The van der Waals surface area contributed by atoms with Gasteiger partial charge in [0.05, 0.1) is 45.1 Å². The number of aliphatic hydroxyl groups is 1. The van der Waals surface area contributed by atoms with Crippen molar-refractivity contribution < 1.29 is 23.9 Å². The number of benzene rings is 2. The van der Waals surface area contributed by atoms with Crippen molar-refractivity contribution in [3.05, 3.63) is 59.9 Å². The van der Waals surface area contributed by atoms with E-state index < -0.39 is 6.10 Å². The van der Waals surface area contributed by atoms with E-state index in [1.807, 2.05) is 30.3 Å². The van der Waals surface area contributed by atoms with E-state index >= 15 is 0 Å². The average Bonchev–Trinajstić information content (AvgIpc) is 2.75. The lowest BCUT2D eigenvalue weighted by Crippen LogP contribution is -3.16. The Morgan fingerprint density at radius 1 is 1.03 bits per heavy atom. The Hall–Kier alpha value is -2.15. The molecular weight excluding hydrogens is 383 g/mol. The third-order valence-electron chi connectivity index (χ3n) is 5.52. The Balaban J connectivity index is 1.31. The quantitative estimate of drug-likeness (QED) is 0.582. The molecule has 3 rings (SSSR count). The first-order chi connectivity index (χ1) is 14.5. The summed E-state index contributed by atoms with van der Waals surface area (Å²) in [6.45, 7) is 9.46. The number of halogens is 1. The van der Waals surface area contributed by atoms with Gasteiger partial charge in [-0.15, -0.1) is 0 Å². The Kier molecular flexibility index (Phi) is 8.49. The molecule has 5 nitrogen and oxygen atoms in total. The van der Waals surface area contributed by atoms with E-state index in [0.29, 0.717) is 38.0 Å². The molecular formula is C24H34FN2O3+. The van der Waals surface area contributed by atoms with Crippen LogP contribution in [-0.2, 0) is 4.74 Å². The number of rotatable bonds is 10. The van der Waals surface area contributed by atoms with Crippen molar-refractivity contribution in [3.63, 3.8) is 0 Å². The van der Waals surface area contributed by atoms with E-state index in [-0.39, 0.29) is 5.82 Å². The van der Waals surface area contributed by atoms with E-state index in [1.54, 1.807) is 6.07 Å². The average molecular weight is 418 g/mol. The van der Waals surface area contributed by atoms with Crippen LogP contribution in [0.3, 0.4) is 0 Å². The van der Waals surface area contributed by atoms with Crippen molar-refractivity contribution in [2.45, 2.75) is 25.9 Å². The van der Waals surface area contributed by atoms with Crippen LogP contribution in [0.4, 0.5) is 10.1 Å². The fourth-order valence-electron chi connectivity index (χ4n) is 3.89. The minimum atomic E-state index is -0.511. The molecule has 0 amide bonds. The summed E-state index contributed by atoms with van der Waals surface area (Å²) >= 11 is 0. The van der Waals surface area contributed by atoms with E-state index in [4.69, 9.17) is 9.47 Å². The van der Waals surface area contributed by atoms with Gasteiger partial charge in [-0.2, -0.15) is 0 Å². The number of hydrogen-bond acceptors (Lipinski definition) is 4. The Morgan fingerprint density at radius 3 is 2.47 bits per heavy atom. The van der Waals surface area contributed by atoms with Crippen molar-refractivity contribution in [1.29, 1.82) is 0 Å². The van der Waals surface area contributed by atoms with Gasteiger partial charge in [0, 0.05) is 0 Å². The van der Waals surface area contributed by atoms with E-state index in [1.165, 1.54) is 16.5 Å². The van der Waals surface area contributed by atoms with Gasteiger partial charge in [-0.25, -0.2) is 4.39 Å². The molecule has 0 saturated carbocycles. The lowest BCUT2D eigenvalue weighted by Gasteiger charge is -2.34. The van der Waals surface area contributed by atoms with Crippen LogP contribution in [0, 0.1) is 5.82 Å². The molecule has 1 saturated heterocycles. The summed E-state index contributed by atoms with van der Waals surface area (Å²) < 4.78 is 25.4. The third-order valence-corrected chi connectivity index (χ3v) is 5.52. The molecule has 0 bridgehead atoms. The predicted octanol–water partition coefficient (Wildman–Crippen LogP) is 2.11. The first-order valence-corrected chi connectivity index (χ1v) is 10.8. The number of nitrogens with zero attached hydrogens (tertiary/aromatic N) is 1. The second-order valence-electron chi connectivity index (χ2n) is 8.16. The monoisotopic (exact) mass is 417 g/mol. The van der Waals surface area contributed by atoms with Gasteiger partial charge in [0.15, 0.2) is 0 Å². The molecule has 6 heteroatoms. The Morgan fingerprint density at radius 2 is 1.73 bits per heavy atom. The SMILES string of the molecule is CC(C)c1ccccc1OCCOC[C@H](O)C[NH+]1CCN(c2ccccc2F)CC1. The predicted molar refractivity (Wildman–Crippen MR) is 117 cm³/mol. The van der Waals surface area contributed by atoms with Gasteiger partial charge < -0.3 is 24.4 Å². The smallest absolute Gasteiger partial charge is 0.146 e. The summed E-state index contributed by atoms with van der Waals surface area (Å²) in [5.74, 6) is 1.13. The van der Waals surface area contributed by atoms with Crippen LogP contribution in [0.2, 0.25) is 0 Å². The standard InChI is InChI=1S/C24H33FN2O3/c1-19(2)21-7-3-6-10-24(21)30-16-15-29-18-20(28)17-26-11-13-27(14-12-26)23-9-5-4-8-22(23)25/h3-10,19-20,28H,11-18H2,1-2H3/p+1/t20-/m1/s1. The molecule has 2 N–H and O–H groups in total. The molecule has 164 valence electrons. The summed E-state index contributed by atoms with van der Waals surface area (Å²) in [5.41, 5.74) is 1.86. The topological polar surface area (TPSA) is 46.4 Å².